The number of hydrogen-bond donors (Lipinski definition) is 0. The summed E-state index contributed by atoms with van der Waals surface area (Å²) in [5.74, 6) is 1.18. The van der Waals surface area contributed by atoms with Crippen LogP contribution in [0.5, 0.6) is 0 Å². The summed E-state index contributed by atoms with van der Waals surface area (Å²) >= 11 is 1.58. The quantitative estimate of drug-likeness (QED) is 0.288. The van der Waals surface area contributed by atoms with Gasteiger partial charge in [-0.1, -0.05) is 59.8 Å². The number of thioether (sulfide) groups is 1. The fourth-order valence-electron chi connectivity index (χ4n) is 3.26. The number of ether oxygens (including phenoxy) is 1. The van der Waals surface area contributed by atoms with Gasteiger partial charge in [0.1, 0.15) is 12.4 Å². The lowest BCUT2D eigenvalue weighted by Crippen LogP contribution is -2.07. The number of fused-ring (bicyclic) bond motifs is 1. The third-order valence-electron chi connectivity index (χ3n) is 4.90. The summed E-state index contributed by atoms with van der Waals surface area (Å²) in [5, 5.41) is 6.23. The van der Waals surface area contributed by atoms with Crippen molar-refractivity contribution in [2.75, 3.05) is 0 Å². The number of carbonyl (C=O) groups excluding carboxylic acids is 1. The molecule has 0 N–H and O–H groups in total. The van der Waals surface area contributed by atoms with Gasteiger partial charge in [-0.25, -0.2) is 4.79 Å². The fraction of sp³-hybridized carbons (Fsp3) is 0.167. The minimum atomic E-state index is -0.320. The van der Waals surface area contributed by atoms with Gasteiger partial charge in [0.15, 0.2) is 0 Å². The highest BCUT2D eigenvalue weighted by molar-refractivity contribution is 7.98. The second-order valence-electron chi connectivity index (χ2n) is 6.80. The van der Waals surface area contributed by atoms with Gasteiger partial charge in [0.2, 0.25) is 0 Å². The zero-order valence-corrected chi connectivity index (χ0v) is 17.2. The predicted octanol–water partition coefficient (Wildman–Crippen LogP) is 6.09. The van der Waals surface area contributed by atoms with Crippen molar-refractivity contribution in [2.45, 2.75) is 31.1 Å². The van der Waals surface area contributed by atoms with E-state index in [4.69, 9.17) is 9.26 Å². The Bertz CT molecular complexity index is 1140. The molecule has 0 amide bonds. The molecule has 0 saturated heterocycles. The molecule has 4 aromatic rings. The van der Waals surface area contributed by atoms with E-state index in [1.54, 1.807) is 17.8 Å². The van der Waals surface area contributed by atoms with Crippen molar-refractivity contribution < 1.29 is 14.1 Å². The summed E-state index contributed by atoms with van der Waals surface area (Å²) in [6, 6.07) is 21.7. The number of nitrogens with zero attached hydrogens (tertiary/aromatic N) is 1. The van der Waals surface area contributed by atoms with E-state index in [0.29, 0.717) is 11.3 Å². The average Bonchev–Trinajstić information content (AvgIpc) is 3.08. The molecule has 0 saturated carbocycles. The van der Waals surface area contributed by atoms with Crippen LogP contribution in [0.1, 0.15) is 32.9 Å². The van der Waals surface area contributed by atoms with Crippen molar-refractivity contribution in [2.24, 2.45) is 0 Å². The molecular weight excluding hydrogens is 382 g/mol. The van der Waals surface area contributed by atoms with Gasteiger partial charge in [-0.15, -0.1) is 11.8 Å². The van der Waals surface area contributed by atoms with Gasteiger partial charge in [-0.05, 0) is 42.3 Å². The van der Waals surface area contributed by atoms with Crippen LogP contribution in [0, 0.1) is 13.8 Å². The van der Waals surface area contributed by atoms with E-state index in [2.05, 4.69) is 17.3 Å². The molecular formula is C24H21NO3S. The van der Waals surface area contributed by atoms with Crippen LogP contribution < -0.4 is 0 Å². The Kier molecular flexibility index (Phi) is 5.67. The number of hydrogen-bond acceptors (Lipinski definition) is 5. The SMILES string of the molecule is Cc1noc(C)c1CSc1ccccc1C(=O)OCc1cccc2ccccc12. The molecule has 3 aromatic carbocycles. The van der Waals surface area contributed by atoms with Gasteiger partial charge in [-0.2, -0.15) is 0 Å². The Morgan fingerprint density at radius 1 is 1.00 bits per heavy atom. The molecule has 0 bridgehead atoms. The Morgan fingerprint density at radius 2 is 1.76 bits per heavy atom. The Morgan fingerprint density at radius 3 is 2.59 bits per heavy atom. The second kappa shape index (κ2) is 8.53. The topological polar surface area (TPSA) is 52.3 Å². The standard InChI is InChI=1S/C24H21NO3S/c1-16-22(17(2)28-25-16)15-29-23-13-6-5-12-21(23)24(26)27-14-19-10-7-9-18-8-3-4-11-20(18)19/h3-13H,14-15H2,1-2H3. The smallest absolute Gasteiger partial charge is 0.339 e. The van der Waals surface area contributed by atoms with E-state index in [9.17, 15) is 4.79 Å². The Labute approximate surface area is 173 Å². The zero-order valence-electron chi connectivity index (χ0n) is 16.3. The first-order valence-electron chi connectivity index (χ1n) is 9.41. The van der Waals surface area contributed by atoms with Crippen molar-refractivity contribution in [1.82, 2.24) is 5.16 Å². The van der Waals surface area contributed by atoms with Crippen molar-refractivity contribution in [3.63, 3.8) is 0 Å². The zero-order chi connectivity index (χ0) is 20.2. The first-order valence-corrected chi connectivity index (χ1v) is 10.4. The fourth-order valence-corrected chi connectivity index (χ4v) is 4.45. The molecule has 0 aliphatic rings. The molecule has 1 aromatic heterocycles. The molecule has 0 aliphatic heterocycles. The third-order valence-corrected chi connectivity index (χ3v) is 6.00. The van der Waals surface area contributed by atoms with Crippen LogP contribution >= 0.6 is 11.8 Å². The van der Waals surface area contributed by atoms with Crippen molar-refractivity contribution >= 4 is 28.5 Å². The molecule has 0 radical (unpaired) electrons. The highest BCUT2D eigenvalue weighted by atomic mass is 32.2. The Balaban J connectivity index is 1.49. The number of benzene rings is 3. The number of carbonyl (C=O) groups is 1. The van der Waals surface area contributed by atoms with E-state index >= 15 is 0 Å². The number of esters is 1. The molecule has 0 spiro atoms. The van der Waals surface area contributed by atoms with Crippen LogP contribution in [0.4, 0.5) is 0 Å². The van der Waals surface area contributed by atoms with Crippen LogP contribution in [0.2, 0.25) is 0 Å². The largest absolute Gasteiger partial charge is 0.457 e. The number of aryl methyl sites for hydroxylation is 2. The molecule has 0 fully saturated rings. The van der Waals surface area contributed by atoms with Crippen molar-refractivity contribution in [3.8, 4) is 0 Å². The summed E-state index contributed by atoms with van der Waals surface area (Å²) in [6.07, 6.45) is 0. The maximum atomic E-state index is 12.8. The van der Waals surface area contributed by atoms with Gasteiger partial charge in [0.05, 0.1) is 11.3 Å². The highest BCUT2D eigenvalue weighted by Gasteiger charge is 2.16. The molecule has 146 valence electrons. The van der Waals surface area contributed by atoms with E-state index in [-0.39, 0.29) is 12.6 Å². The van der Waals surface area contributed by atoms with Gasteiger partial charge in [-0.3, -0.25) is 0 Å². The van der Waals surface area contributed by atoms with Gasteiger partial charge in [0.25, 0.3) is 0 Å². The van der Waals surface area contributed by atoms with Gasteiger partial charge < -0.3 is 9.26 Å². The number of rotatable bonds is 6. The summed E-state index contributed by atoms with van der Waals surface area (Å²) in [5.41, 5.74) is 3.52. The third kappa shape index (κ3) is 4.20. The maximum absolute atomic E-state index is 12.8. The van der Waals surface area contributed by atoms with Crippen molar-refractivity contribution in [1.29, 1.82) is 0 Å². The molecule has 29 heavy (non-hydrogen) atoms. The molecule has 0 atom stereocenters. The second-order valence-corrected chi connectivity index (χ2v) is 7.82. The Hall–Kier alpha value is -3.05. The first-order chi connectivity index (χ1) is 14.1. The minimum absolute atomic E-state index is 0.239. The predicted molar refractivity (Wildman–Crippen MR) is 115 cm³/mol. The monoisotopic (exact) mass is 403 g/mol. The van der Waals surface area contributed by atoms with E-state index in [1.165, 1.54) is 0 Å². The van der Waals surface area contributed by atoms with Crippen LogP contribution in [0.3, 0.4) is 0 Å². The minimum Gasteiger partial charge on any atom is -0.457 e. The highest BCUT2D eigenvalue weighted by Crippen LogP contribution is 2.29. The lowest BCUT2D eigenvalue weighted by Gasteiger charge is -2.11. The lowest BCUT2D eigenvalue weighted by molar-refractivity contribution is 0.0470. The lowest BCUT2D eigenvalue weighted by atomic mass is 10.1. The van der Waals surface area contributed by atoms with Crippen LogP contribution in [0.15, 0.2) is 76.1 Å². The molecule has 5 heteroatoms. The molecule has 1 heterocycles. The summed E-state index contributed by atoms with van der Waals surface area (Å²) < 4.78 is 10.9. The van der Waals surface area contributed by atoms with Crippen LogP contribution in [-0.4, -0.2) is 11.1 Å². The molecule has 0 unspecified atom stereocenters. The average molecular weight is 404 g/mol. The van der Waals surface area contributed by atoms with Crippen LogP contribution in [0.25, 0.3) is 10.8 Å². The summed E-state index contributed by atoms with van der Waals surface area (Å²) in [4.78, 5) is 13.7. The van der Waals surface area contributed by atoms with Crippen molar-refractivity contribution in [3.05, 3.63) is 94.9 Å². The molecule has 0 aliphatic carbocycles. The summed E-state index contributed by atoms with van der Waals surface area (Å²) in [6.45, 7) is 4.07. The van der Waals surface area contributed by atoms with Gasteiger partial charge >= 0.3 is 5.97 Å². The van der Waals surface area contributed by atoms with Gasteiger partial charge in [0, 0.05) is 16.2 Å². The number of aromatic nitrogens is 1. The first kappa shape index (κ1) is 19.3. The van der Waals surface area contributed by atoms with Crippen LogP contribution in [-0.2, 0) is 17.1 Å². The normalized spacial score (nSPS) is 11.0. The molecule has 4 rings (SSSR count). The van der Waals surface area contributed by atoms with E-state index in [1.807, 2.05) is 62.4 Å². The van der Waals surface area contributed by atoms with E-state index in [0.717, 1.165) is 38.2 Å². The maximum Gasteiger partial charge on any atom is 0.339 e. The summed E-state index contributed by atoms with van der Waals surface area (Å²) in [7, 11) is 0. The van der Waals surface area contributed by atoms with E-state index < -0.39 is 0 Å². The molecule has 4 nitrogen and oxygen atoms in total.